The van der Waals surface area contributed by atoms with Crippen LogP contribution in [0.1, 0.15) is 43.2 Å². The van der Waals surface area contributed by atoms with Crippen molar-refractivity contribution in [2.75, 3.05) is 13.3 Å². The summed E-state index contributed by atoms with van der Waals surface area (Å²) >= 11 is 0. The summed E-state index contributed by atoms with van der Waals surface area (Å²) in [7, 11) is -2.44. The first-order valence-electron chi connectivity index (χ1n) is 22.4. The van der Waals surface area contributed by atoms with Gasteiger partial charge in [-0.2, -0.15) is 0 Å². The van der Waals surface area contributed by atoms with E-state index in [0.29, 0.717) is 17.5 Å². The van der Waals surface area contributed by atoms with Crippen LogP contribution in [0.5, 0.6) is 0 Å². The molecule has 1 saturated carbocycles. The lowest BCUT2D eigenvalue weighted by Crippen LogP contribution is -2.30. The first-order chi connectivity index (χ1) is 31.3. The lowest BCUT2D eigenvalue weighted by atomic mass is 9.65. The fourth-order valence-electron chi connectivity index (χ4n) is 10.3. The van der Waals surface area contributed by atoms with Crippen LogP contribution in [0.4, 0.5) is 0 Å². The maximum atomic E-state index is 13.2. The lowest BCUT2D eigenvalue weighted by molar-refractivity contribution is 0.346. The largest absolute Gasteiger partial charge is 0.319 e. The molecule has 5 heteroatoms. The minimum absolute atomic E-state index is 0.101. The topological polar surface area (TPSA) is 55.7 Å². The van der Waals surface area contributed by atoms with Crippen molar-refractivity contribution >= 4 is 44.8 Å². The third-order valence-corrected chi connectivity index (χ3v) is 15.1. The van der Waals surface area contributed by atoms with Crippen LogP contribution in [0.3, 0.4) is 0 Å². The zero-order chi connectivity index (χ0) is 43.3. The van der Waals surface area contributed by atoms with Gasteiger partial charge in [-0.15, -0.1) is 0 Å². The minimum Gasteiger partial charge on any atom is -0.319 e. The first kappa shape index (κ1) is 39.8. The van der Waals surface area contributed by atoms with Crippen molar-refractivity contribution in [3.8, 4) is 56.4 Å². The molecule has 0 unspecified atom stereocenters. The molecular weight excluding hydrogens is 798 g/mol. The third-order valence-electron chi connectivity index (χ3n) is 13.5. The molecule has 4 nitrogen and oxygen atoms in total. The van der Waals surface area contributed by atoms with Gasteiger partial charge < -0.3 is 4.57 Å². The first-order valence-corrected chi connectivity index (χ1v) is 25.0. The summed E-state index contributed by atoms with van der Waals surface area (Å²) in [4.78, 5) is 15.8. The maximum Gasteiger partial charge on any atom is 0.165 e. The Hall–Kier alpha value is -7.00. The van der Waals surface area contributed by atoms with Crippen molar-refractivity contribution in [3.05, 3.63) is 205 Å². The smallest absolute Gasteiger partial charge is 0.165 e. The molecule has 0 amide bonds. The Labute approximate surface area is 375 Å². The Kier molecular flexibility index (Phi) is 10.1. The second-order valence-electron chi connectivity index (χ2n) is 17.8. The van der Waals surface area contributed by atoms with Crippen LogP contribution >= 0.6 is 7.14 Å². The molecule has 0 bridgehead atoms. The monoisotopic (exact) mass is 845 g/mol. The number of aromatic nitrogens is 3. The van der Waals surface area contributed by atoms with Crippen molar-refractivity contribution in [1.29, 1.82) is 0 Å². The summed E-state index contributed by atoms with van der Waals surface area (Å²) in [5, 5.41) is 7.68. The van der Waals surface area contributed by atoms with Gasteiger partial charge in [-0.25, -0.2) is 15.0 Å². The van der Waals surface area contributed by atoms with Crippen LogP contribution in [-0.4, -0.2) is 28.3 Å². The molecule has 0 atom stereocenters. The fraction of sp³-hybridized carbons (Fsp3) is 0.136. The van der Waals surface area contributed by atoms with E-state index in [1.54, 1.807) is 0 Å². The molecule has 1 fully saturated rings. The van der Waals surface area contributed by atoms with Crippen LogP contribution in [0.15, 0.2) is 194 Å². The second kappa shape index (κ2) is 16.3. The van der Waals surface area contributed by atoms with E-state index >= 15 is 0 Å². The van der Waals surface area contributed by atoms with Gasteiger partial charge in [0.05, 0.1) is 0 Å². The van der Waals surface area contributed by atoms with Crippen molar-refractivity contribution in [1.82, 2.24) is 15.0 Å². The highest BCUT2D eigenvalue weighted by molar-refractivity contribution is 7.70. The van der Waals surface area contributed by atoms with Gasteiger partial charge in [0, 0.05) is 27.4 Å². The third kappa shape index (κ3) is 7.22. The summed E-state index contributed by atoms with van der Waals surface area (Å²) in [6.07, 6.45) is 5.82. The molecule has 1 heterocycles. The molecule has 9 aromatic carbocycles. The molecule has 1 aliphatic carbocycles. The molecule has 0 saturated heterocycles. The quantitative estimate of drug-likeness (QED) is 0.113. The van der Waals surface area contributed by atoms with Crippen LogP contribution in [-0.2, 0) is 9.98 Å². The highest BCUT2D eigenvalue weighted by Gasteiger charge is 2.36. The Balaban J connectivity index is 1.00. The van der Waals surface area contributed by atoms with Crippen molar-refractivity contribution in [2.24, 2.45) is 0 Å². The number of hydrogen-bond acceptors (Lipinski definition) is 4. The summed E-state index contributed by atoms with van der Waals surface area (Å²) in [5.41, 5.74) is 10.1. The molecule has 11 rings (SSSR count). The average molecular weight is 846 g/mol. The van der Waals surface area contributed by atoms with E-state index in [9.17, 15) is 4.57 Å². The van der Waals surface area contributed by atoms with Gasteiger partial charge in [-0.3, -0.25) is 0 Å². The molecular formula is C59H48N3OP. The van der Waals surface area contributed by atoms with Gasteiger partial charge in [0.15, 0.2) is 17.5 Å². The normalized spacial score (nSPS) is 14.0. The van der Waals surface area contributed by atoms with Crippen LogP contribution < -0.4 is 5.30 Å². The van der Waals surface area contributed by atoms with E-state index in [4.69, 9.17) is 15.0 Å². The predicted octanol–water partition coefficient (Wildman–Crippen LogP) is 15.2. The van der Waals surface area contributed by atoms with E-state index in [2.05, 4.69) is 182 Å². The van der Waals surface area contributed by atoms with Gasteiger partial charge in [0.25, 0.3) is 0 Å². The highest BCUT2D eigenvalue weighted by atomic mass is 31.2. The van der Waals surface area contributed by atoms with Gasteiger partial charge in [0.1, 0.15) is 7.14 Å². The Morgan fingerprint density at radius 3 is 1.44 bits per heavy atom. The summed E-state index contributed by atoms with van der Waals surface area (Å²) in [6, 6.07) is 69.3. The molecule has 64 heavy (non-hydrogen) atoms. The fourth-order valence-corrected chi connectivity index (χ4v) is 11.5. The number of fused-ring (bicyclic) bond motifs is 3. The van der Waals surface area contributed by atoms with Crippen LogP contribution in [0.25, 0.3) is 88.7 Å². The van der Waals surface area contributed by atoms with Crippen molar-refractivity contribution in [3.63, 3.8) is 0 Å². The highest BCUT2D eigenvalue weighted by Crippen LogP contribution is 2.47. The molecule has 0 aliphatic heterocycles. The molecule has 1 aromatic heterocycles. The maximum absolute atomic E-state index is 13.2. The summed E-state index contributed by atoms with van der Waals surface area (Å²) in [6.45, 7) is 3.72. The Morgan fingerprint density at radius 2 is 0.859 bits per heavy atom. The number of rotatable bonds is 8. The molecule has 10 aromatic rings. The van der Waals surface area contributed by atoms with Gasteiger partial charge in [0.2, 0.25) is 0 Å². The molecule has 0 N–H and O–H groups in total. The minimum atomic E-state index is -2.44. The van der Waals surface area contributed by atoms with Crippen LogP contribution in [0, 0.1) is 0 Å². The zero-order valence-electron chi connectivity index (χ0n) is 36.2. The van der Waals surface area contributed by atoms with E-state index in [1.807, 2.05) is 25.5 Å². The van der Waals surface area contributed by atoms with E-state index in [0.717, 1.165) is 72.7 Å². The Bertz CT molecular complexity index is 3330. The molecule has 0 spiro atoms. The molecule has 310 valence electrons. The zero-order valence-corrected chi connectivity index (χ0v) is 37.1. The van der Waals surface area contributed by atoms with E-state index < -0.39 is 7.14 Å². The SMILES string of the molecule is CP(C)(=O)c1ccc(-c2ccc(C3(c4ccc(-c5nc(-c6ccc(-c7ccccc7)cc6)nc(-c6c7ccccc7cc7ccccc67)n5)cc4)CCCCC3)cc2)c2ccccc12. The van der Waals surface area contributed by atoms with E-state index in [-0.39, 0.29) is 5.41 Å². The van der Waals surface area contributed by atoms with E-state index in [1.165, 1.54) is 47.1 Å². The lowest BCUT2D eigenvalue weighted by Gasteiger charge is -2.39. The number of nitrogens with zero attached hydrogens (tertiary/aromatic N) is 3. The van der Waals surface area contributed by atoms with Crippen LogP contribution in [0.2, 0.25) is 0 Å². The second-order valence-corrected chi connectivity index (χ2v) is 21.0. The molecule has 0 radical (unpaired) electrons. The Morgan fingerprint density at radius 1 is 0.406 bits per heavy atom. The van der Waals surface area contributed by atoms with Gasteiger partial charge in [-0.05, 0) is 97.9 Å². The summed E-state index contributed by atoms with van der Waals surface area (Å²) in [5.74, 6) is 1.96. The van der Waals surface area contributed by atoms with Gasteiger partial charge >= 0.3 is 0 Å². The predicted molar refractivity (Wildman–Crippen MR) is 269 cm³/mol. The number of benzene rings is 9. The number of hydrogen-bond donors (Lipinski definition) is 0. The standard InChI is InChI=1S/C59H48N3OP/c1-64(2,63)54-36-35-49(52-21-11-12-22-53(52)54)42-27-31-47(32-28-42)59(37-13-4-14-38-59)48-33-29-44(30-34-48)57-60-56(43-25-23-41(24-26-43)40-15-5-3-6-16-40)61-58(62-57)55-50-19-9-7-17-45(50)39-46-18-8-10-20-51(46)55/h3,5-12,15-36,39H,4,13-14,37-38H2,1-2H3. The molecule has 1 aliphatic rings. The van der Waals surface area contributed by atoms with Gasteiger partial charge in [-0.1, -0.05) is 207 Å². The van der Waals surface area contributed by atoms with Crippen molar-refractivity contribution < 1.29 is 4.57 Å². The van der Waals surface area contributed by atoms with Crippen molar-refractivity contribution in [2.45, 2.75) is 37.5 Å². The summed E-state index contributed by atoms with van der Waals surface area (Å²) < 4.78 is 13.2. The average Bonchev–Trinajstić information content (AvgIpc) is 3.35.